The van der Waals surface area contributed by atoms with E-state index in [1.54, 1.807) is 18.2 Å². The second-order valence-electron chi connectivity index (χ2n) is 5.94. The third kappa shape index (κ3) is 3.83. The summed E-state index contributed by atoms with van der Waals surface area (Å²) in [4.78, 5) is 21.6. The van der Waals surface area contributed by atoms with Gasteiger partial charge in [0, 0.05) is 0 Å². The summed E-state index contributed by atoms with van der Waals surface area (Å²) in [6.07, 6.45) is 0. The van der Waals surface area contributed by atoms with Crippen molar-refractivity contribution in [1.29, 1.82) is 0 Å². The molecule has 3 heterocycles. The fourth-order valence-electron chi connectivity index (χ4n) is 2.74. The predicted octanol–water partition coefficient (Wildman–Crippen LogP) is 3.35. The van der Waals surface area contributed by atoms with Crippen molar-refractivity contribution >= 4 is 26.8 Å². The number of rotatable bonds is 6. The molecule has 27 heavy (non-hydrogen) atoms. The minimum Gasteiger partial charge on any atom is -0.444 e. The molecule has 0 aliphatic heterocycles. The van der Waals surface area contributed by atoms with Crippen LogP contribution in [0.2, 0.25) is 0 Å². The Hall–Kier alpha value is -2.78. The van der Waals surface area contributed by atoms with Crippen molar-refractivity contribution in [2.75, 3.05) is 6.54 Å². The Kier molecular flexibility index (Phi) is 4.87. The van der Waals surface area contributed by atoms with E-state index in [0.717, 1.165) is 6.54 Å². The van der Waals surface area contributed by atoms with Crippen molar-refractivity contribution in [1.82, 2.24) is 25.1 Å². The molecule has 0 fully saturated rings. The van der Waals surface area contributed by atoms with Crippen LogP contribution in [0, 0.1) is 0 Å². The minimum atomic E-state index is -0.143. The van der Waals surface area contributed by atoms with E-state index in [-0.39, 0.29) is 5.56 Å². The van der Waals surface area contributed by atoms with E-state index in [0.29, 0.717) is 52.0 Å². The molecule has 0 amide bonds. The monoisotopic (exact) mass is 429 g/mol. The number of H-pyrrole nitrogens is 1. The van der Waals surface area contributed by atoms with E-state index in [1.807, 2.05) is 30.0 Å². The second kappa shape index (κ2) is 7.45. The molecule has 0 bridgehead atoms. The molecule has 9 heteroatoms. The minimum absolute atomic E-state index is 0.143. The zero-order valence-corrected chi connectivity index (χ0v) is 16.1. The number of nitrogens with one attached hydrogen (secondary N) is 1. The third-order valence-corrected chi connectivity index (χ3v) is 4.52. The van der Waals surface area contributed by atoms with Crippen LogP contribution in [0.5, 0.6) is 0 Å². The summed E-state index contributed by atoms with van der Waals surface area (Å²) in [5.41, 5.74) is 0.533. The number of benzene rings is 1. The smallest absolute Gasteiger partial charge is 0.283 e. The van der Waals surface area contributed by atoms with Gasteiger partial charge in [-0.05, 0) is 46.7 Å². The summed E-state index contributed by atoms with van der Waals surface area (Å²) in [5.74, 6) is 1.88. The van der Waals surface area contributed by atoms with Crippen molar-refractivity contribution in [3.63, 3.8) is 0 Å². The number of para-hydroxylation sites is 1. The Balaban J connectivity index is 1.52. The van der Waals surface area contributed by atoms with Crippen LogP contribution in [0.15, 0.2) is 54.7 Å². The molecule has 0 radical (unpaired) electrons. The molecule has 4 aromatic rings. The van der Waals surface area contributed by atoms with Gasteiger partial charge in [0.25, 0.3) is 11.4 Å². The first-order valence-corrected chi connectivity index (χ1v) is 9.20. The number of aromatic nitrogens is 4. The number of hydrogen-bond donors (Lipinski definition) is 1. The lowest BCUT2D eigenvalue weighted by Crippen LogP contribution is -2.25. The van der Waals surface area contributed by atoms with Crippen LogP contribution in [0.1, 0.15) is 18.6 Å². The molecule has 138 valence electrons. The lowest BCUT2D eigenvalue weighted by atomic mass is 10.2. The van der Waals surface area contributed by atoms with Gasteiger partial charge in [0.05, 0.1) is 24.0 Å². The highest BCUT2D eigenvalue weighted by Gasteiger charge is 2.15. The maximum Gasteiger partial charge on any atom is 0.283 e. The Morgan fingerprint density at radius 3 is 2.74 bits per heavy atom. The van der Waals surface area contributed by atoms with Gasteiger partial charge in [-0.15, -0.1) is 10.2 Å². The van der Waals surface area contributed by atoms with Crippen molar-refractivity contribution in [3.8, 4) is 11.7 Å². The molecule has 8 nitrogen and oxygen atoms in total. The SMILES string of the molecule is CCN(Cc1nc2ccccc2c(=O)[nH]1)Cc1nnc(-c2ccc(Br)o2)o1. The van der Waals surface area contributed by atoms with E-state index in [2.05, 4.69) is 36.1 Å². The molecule has 0 atom stereocenters. The molecule has 1 aromatic carbocycles. The fraction of sp³-hybridized carbons (Fsp3) is 0.222. The summed E-state index contributed by atoms with van der Waals surface area (Å²) in [6.45, 7) is 3.63. The largest absolute Gasteiger partial charge is 0.444 e. The summed E-state index contributed by atoms with van der Waals surface area (Å²) in [5, 5.41) is 8.67. The quantitative estimate of drug-likeness (QED) is 0.501. The zero-order chi connectivity index (χ0) is 18.8. The summed E-state index contributed by atoms with van der Waals surface area (Å²) < 4.78 is 11.7. The number of halogens is 1. The Morgan fingerprint density at radius 1 is 1.11 bits per heavy atom. The number of aromatic amines is 1. The predicted molar refractivity (Wildman–Crippen MR) is 102 cm³/mol. The first kappa shape index (κ1) is 17.6. The molecular formula is C18H16BrN5O3. The first-order chi connectivity index (χ1) is 13.1. The van der Waals surface area contributed by atoms with E-state index in [4.69, 9.17) is 8.83 Å². The molecule has 0 unspecified atom stereocenters. The Bertz CT molecular complexity index is 1130. The van der Waals surface area contributed by atoms with Gasteiger partial charge in [-0.2, -0.15) is 0 Å². The highest BCUT2D eigenvalue weighted by atomic mass is 79.9. The zero-order valence-electron chi connectivity index (χ0n) is 14.5. The van der Waals surface area contributed by atoms with Crippen LogP contribution in [0.3, 0.4) is 0 Å². The van der Waals surface area contributed by atoms with Crippen LogP contribution in [-0.4, -0.2) is 31.6 Å². The maximum absolute atomic E-state index is 12.2. The lowest BCUT2D eigenvalue weighted by Gasteiger charge is -2.17. The van der Waals surface area contributed by atoms with Crippen molar-refractivity contribution in [2.24, 2.45) is 0 Å². The standard InChI is InChI=1S/C18H16BrN5O3/c1-2-24(9-15-20-12-6-4-3-5-11(12)17(25)21-15)10-16-22-23-18(27-16)13-7-8-14(19)26-13/h3-8H,2,9-10H2,1H3,(H,20,21,25). The van der Waals surface area contributed by atoms with E-state index in [9.17, 15) is 4.79 Å². The molecule has 1 N–H and O–H groups in total. The lowest BCUT2D eigenvalue weighted by molar-refractivity contribution is 0.237. The second-order valence-corrected chi connectivity index (χ2v) is 6.72. The van der Waals surface area contributed by atoms with Gasteiger partial charge in [-0.3, -0.25) is 9.69 Å². The van der Waals surface area contributed by atoms with Crippen LogP contribution >= 0.6 is 15.9 Å². The van der Waals surface area contributed by atoms with Crippen molar-refractivity contribution < 1.29 is 8.83 Å². The molecule has 3 aromatic heterocycles. The Morgan fingerprint density at radius 2 is 1.96 bits per heavy atom. The molecule has 0 aliphatic carbocycles. The number of hydrogen-bond acceptors (Lipinski definition) is 7. The molecule has 4 rings (SSSR count). The van der Waals surface area contributed by atoms with Gasteiger partial charge in [0.1, 0.15) is 5.82 Å². The summed E-state index contributed by atoms with van der Waals surface area (Å²) in [7, 11) is 0. The Labute approximate surface area is 162 Å². The van der Waals surface area contributed by atoms with Crippen LogP contribution < -0.4 is 5.56 Å². The van der Waals surface area contributed by atoms with E-state index >= 15 is 0 Å². The third-order valence-electron chi connectivity index (χ3n) is 4.09. The van der Waals surface area contributed by atoms with Gasteiger partial charge in [0.15, 0.2) is 10.4 Å². The van der Waals surface area contributed by atoms with Crippen molar-refractivity contribution in [3.05, 3.63) is 63.1 Å². The first-order valence-electron chi connectivity index (χ1n) is 8.40. The molecule has 0 saturated heterocycles. The highest BCUT2D eigenvalue weighted by Crippen LogP contribution is 2.24. The average molecular weight is 430 g/mol. The van der Waals surface area contributed by atoms with E-state index < -0.39 is 0 Å². The number of fused-ring (bicyclic) bond motifs is 1. The van der Waals surface area contributed by atoms with E-state index in [1.165, 1.54) is 0 Å². The molecule has 0 saturated carbocycles. The number of furan rings is 1. The summed E-state index contributed by atoms with van der Waals surface area (Å²) in [6, 6.07) is 10.8. The molecule has 0 aliphatic rings. The number of nitrogens with zero attached hydrogens (tertiary/aromatic N) is 4. The molecular weight excluding hydrogens is 414 g/mol. The fourth-order valence-corrected chi connectivity index (χ4v) is 3.05. The van der Waals surface area contributed by atoms with Gasteiger partial charge >= 0.3 is 0 Å². The van der Waals surface area contributed by atoms with Crippen molar-refractivity contribution in [2.45, 2.75) is 20.0 Å². The molecule has 0 spiro atoms. The van der Waals surface area contributed by atoms with Gasteiger partial charge in [0.2, 0.25) is 5.89 Å². The highest BCUT2D eigenvalue weighted by molar-refractivity contribution is 9.10. The maximum atomic E-state index is 12.2. The van der Waals surface area contributed by atoms with Crippen LogP contribution in [0.4, 0.5) is 0 Å². The summed E-state index contributed by atoms with van der Waals surface area (Å²) >= 11 is 3.25. The normalized spacial score (nSPS) is 11.5. The van der Waals surface area contributed by atoms with Crippen LogP contribution in [0.25, 0.3) is 22.6 Å². The van der Waals surface area contributed by atoms with Crippen LogP contribution in [-0.2, 0) is 13.1 Å². The average Bonchev–Trinajstić information content (AvgIpc) is 3.30. The topological polar surface area (TPSA) is 101 Å². The van der Waals surface area contributed by atoms with Gasteiger partial charge in [-0.25, -0.2) is 4.98 Å². The van der Waals surface area contributed by atoms with Gasteiger partial charge in [-0.1, -0.05) is 19.1 Å². The van der Waals surface area contributed by atoms with Gasteiger partial charge < -0.3 is 13.8 Å².